The summed E-state index contributed by atoms with van der Waals surface area (Å²) >= 11 is 0. The van der Waals surface area contributed by atoms with E-state index in [4.69, 9.17) is 84.6 Å². The van der Waals surface area contributed by atoms with Crippen LogP contribution in [0.4, 0.5) is 0 Å². The first-order valence-corrected chi connectivity index (χ1v) is 39.6. The van der Waals surface area contributed by atoms with Crippen LogP contribution in [0.5, 0.6) is 0 Å². The van der Waals surface area contributed by atoms with Crippen LogP contribution in [0.3, 0.4) is 0 Å². The molecule has 2 fully saturated rings. The number of carbonyl (C=O) groups is 2. The monoisotopic (exact) mass is 1570 g/mol. The fraction of sp³-hybridized carbons (Fsp3) is 0.378. The van der Waals surface area contributed by atoms with Crippen LogP contribution >= 0.6 is 7.82 Å². The molecule has 11 rings (SSSR count). The molecule has 0 radical (unpaired) electrons. The zero-order valence-electron chi connectivity index (χ0n) is 64.1. The van der Waals surface area contributed by atoms with Crippen molar-refractivity contribution in [3.8, 4) is 0 Å². The molecular formula is C90H103O22P. The summed E-state index contributed by atoms with van der Waals surface area (Å²) < 4.78 is 137. The lowest BCUT2D eigenvalue weighted by Gasteiger charge is -2.35. The lowest BCUT2D eigenvalue weighted by molar-refractivity contribution is -0.219. The Bertz CT molecular complexity index is 4140. The number of phosphoric acid groups is 1. The van der Waals surface area contributed by atoms with E-state index in [2.05, 4.69) is 0 Å². The Morgan fingerprint density at radius 1 is 0.363 bits per heavy atom. The number of aliphatic hydroxyl groups excluding tert-OH is 1. The lowest BCUT2D eigenvalue weighted by atomic mass is 10.1. The molecule has 0 aliphatic carbocycles. The number of hydrogen-bond donors (Lipinski definition) is 1. The predicted molar refractivity (Wildman–Crippen MR) is 420 cm³/mol. The van der Waals surface area contributed by atoms with Crippen molar-refractivity contribution < 1.29 is 104 Å². The first kappa shape index (κ1) is 85.5. The Labute approximate surface area is 662 Å². The van der Waals surface area contributed by atoms with E-state index in [-0.39, 0.29) is 105 Å². The lowest BCUT2D eigenvalue weighted by Crippen LogP contribution is -2.48. The van der Waals surface area contributed by atoms with Crippen LogP contribution in [0.2, 0.25) is 0 Å². The van der Waals surface area contributed by atoms with E-state index in [1.807, 2.05) is 273 Å². The van der Waals surface area contributed by atoms with Gasteiger partial charge in [0.1, 0.15) is 72.9 Å². The van der Waals surface area contributed by atoms with Gasteiger partial charge in [0.05, 0.1) is 106 Å². The van der Waals surface area contributed by atoms with Crippen LogP contribution in [0, 0.1) is 0 Å². The first-order chi connectivity index (χ1) is 55.5. The first-order valence-electron chi connectivity index (χ1n) is 38.2. The van der Waals surface area contributed by atoms with E-state index in [9.17, 15) is 14.7 Å². The maximum atomic E-state index is 16.6. The van der Waals surface area contributed by atoms with Gasteiger partial charge in [-0.1, -0.05) is 273 Å². The standard InChI is InChI=1S/C90H103O22P/c1-66(92)49-50-82(93)111-85-80(61-97-52-67-31-13-4-14-32-67)109-89(87(85)95-2)105-64-78(101-56-71-39-21-8-22-40-71)84(104-59-74-45-27-11-28-46-74)79(102-57-72-41-23-9-24-42-72)65-108-113(94,107-60-75-47-29-12-30-48-75)112-86-81(62-98-53-68-33-15-5-16-34-68)110-90(88(86)96-3)106-63-77(100-55-70-37-19-7-20-38-70)83(103-58-73-43-25-10-26-44-73)76(51-91)99-54-69-35-17-6-18-36-69/h4-48,76-81,83-91H,49-65H2,1-3H3/t76?,77?,78?,79?,80-,81-,83?,84?,85?,86?,87?,88?,89-,90-,113?/m1/s1. The number of carbonyl (C=O) groups excluding carboxylic acids is 2. The van der Waals surface area contributed by atoms with Crippen LogP contribution in [-0.2, 0) is 158 Å². The second kappa shape index (κ2) is 46.9. The molecule has 0 saturated carbocycles. The van der Waals surface area contributed by atoms with Crippen molar-refractivity contribution in [3.63, 3.8) is 0 Å². The average Bonchev–Trinajstić information content (AvgIpc) is 1.47. The molecule has 9 aromatic rings. The Balaban J connectivity index is 0.928. The average molecular weight is 1570 g/mol. The van der Waals surface area contributed by atoms with E-state index in [0.29, 0.717) is 5.56 Å². The number of rotatable bonds is 51. The summed E-state index contributed by atoms with van der Waals surface area (Å²) in [7, 11) is -2.04. The van der Waals surface area contributed by atoms with Gasteiger partial charge in [-0.15, -0.1) is 0 Å². The molecule has 0 spiro atoms. The fourth-order valence-electron chi connectivity index (χ4n) is 12.9. The molecule has 0 bridgehead atoms. The van der Waals surface area contributed by atoms with Crippen molar-refractivity contribution in [2.45, 2.75) is 165 Å². The Morgan fingerprint density at radius 3 is 1.01 bits per heavy atom. The van der Waals surface area contributed by atoms with Crippen molar-refractivity contribution in [3.05, 3.63) is 323 Å². The highest BCUT2D eigenvalue weighted by Gasteiger charge is 2.53. The number of benzene rings is 9. The van der Waals surface area contributed by atoms with Crippen molar-refractivity contribution in [2.75, 3.05) is 53.9 Å². The number of methoxy groups -OCH3 is 2. The van der Waals surface area contributed by atoms with Crippen molar-refractivity contribution in [2.24, 2.45) is 0 Å². The molecule has 15 atom stereocenters. The zero-order chi connectivity index (χ0) is 78.5. The number of esters is 1. The molecule has 600 valence electrons. The topological polar surface area (TPSA) is 238 Å². The van der Waals surface area contributed by atoms with Gasteiger partial charge >= 0.3 is 13.8 Å². The Morgan fingerprint density at radius 2 is 0.664 bits per heavy atom. The zero-order valence-corrected chi connectivity index (χ0v) is 64.9. The highest BCUT2D eigenvalue weighted by atomic mass is 31.2. The number of ketones is 1. The summed E-state index contributed by atoms with van der Waals surface area (Å²) in [6.07, 6.45) is -15.5. The van der Waals surface area contributed by atoms with E-state index in [1.165, 1.54) is 21.1 Å². The summed E-state index contributed by atoms with van der Waals surface area (Å²) in [5, 5.41) is 11.3. The molecule has 22 nitrogen and oxygen atoms in total. The Hall–Kier alpha value is -8.37. The van der Waals surface area contributed by atoms with Crippen LogP contribution in [0.1, 0.15) is 69.8 Å². The molecule has 2 aliphatic rings. The van der Waals surface area contributed by atoms with Gasteiger partial charge in [0.2, 0.25) is 0 Å². The minimum absolute atomic E-state index is 0.00431. The molecule has 0 amide bonds. The highest BCUT2D eigenvalue weighted by molar-refractivity contribution is 7.48. The molecule has 11 unspecified atom stereocenters. The molecule has 9 aromatic carbocycles. The summed E-state index contributed by atoms with van der Waals surface area (Å²) in [5.41, 5.74) is 7.45. The molecule has 2 aliphatic heterocycles. The molecule has 1 N–H and O–H groups in total. The third-order valence-electron chi connectivity index (χ3n) is 19.0. The molecule has 2 saturated heterocycles. The van der Waals surface area contributed by atoms with Crippen molar-refractivity contribution in [1.82, 2.24) is 0 Å². The summed E-state index contributed by atoms with van der Waals surface area (Å²) in [4.78, 5) is 25.7. The molecular weight excluding hydrogens is 1460 g/mol. The maximum Gasteiger partial charge on any atom is 0.475 e. The maximum absolute atomic E-state index is 16.6. The number of aliphatic hydroxyl groups is 1. The van der Waals surface area contributed by atoms with Gasteiger partial charge in [-0.2, -0.15) is 0 Å². The Kier molecular flexibility index (Phi) is 35.5. The highest BCUT2D eigenvalue weighted by Crippen LogP contribution is 2.54. The van der Waals surface area contributed by atoms with Gasteiger partial charge in [-0.3, -0.25) is 18.4 Å². The summed E-state index contributed by atoms with van der Waals surface area (Å²) in [5.74, 6) is -0.802. The van der Waals surface area contributed by atoms with Gasteiger partial charge in [-0.05, 0) is 57.0 Å². The van der Waals surface area contributed by atoms with E-state index >= 15 is 4.57 Å². The largest absolute Gasteiger partial charge is 0.475 e. The number of hydrogen-bond acceptors (Lipinski definition) is 22. The molecule has 0 aromatic heterocycles. The quantitative estimate of drug-likeness (QED) is 0.0275. The SMILES string of the molecule is COC1C(OC(=O)CCC(C)=O)[C@@H](COCc2ccccc2)O[C@H]1OCC(OCc1ccccc1)C(OCc1ccccc1)C(COP(=O)(OCc1ccccc1)OC1C(OC)[C@H](OCC(OCc2ccccc2)C(OCc2ccccc2)C(CO)OCc2ccccc2)O[C@@H]1COCc1ccccc1)OCc1ccccc1. The smallest absolute Gasteiger partial charge is 0.456 e. The minimum Gasteiger partial charge on any atom is -0.456 e. The van der Waals surface area contributed by atoms with Crippen molar-refractivity contribution >= 4 is 19.6 Å². The van der Waals surface area contributed by atoms with Gasteiger partial charge < -0.3 is 81.0 Å². The number of phosphoric ester groups is 1. The number of ether oxygens (including phenoxy) is 15. The van der Waals surface area contributed by atoms with Crippen LogP contribution in [0.15, 0.2) is 273 Å². The van der Waals surface area contributed by atoms with Gasteiger partial charge in [0, 0.05) is 20.6 Å². The van der Waals surface area contributed by atoms with Crippen LogP contribution in [0.25, 0.3) is 0 Å². The van der Waals surface area contributed by atoms with E-state index in [0.717, 1.165) is 44.5 Å². The second-order valence-corrected chi connectivity index (χ2v) is 29.1. The van der Waals surface area contributed by atoms with Gasteiger partial charge in [-0.25, -0.2) is 4.57 Å². The fourth-order valence-corrected chi connectivity index (χ4v) is 14.3. The normalized spacial score (nSPS) is 20.4. The second-order valence-electron chi connectivity index (χ2n) is 27.4. The number of Topliss-reactive ketones (excluding diaryl/α,β-unsaturated/α-hetero) is 1. The molecule has 2 heterocycles. The third kappa shape index (κ3) is 28.0. The van der Waals surface area contributed by atoms with Gasteiger partial charge in [0.15, 0.2) is 18.7 Å². The third-order valence-corrected chi connectivity index (χ3v) is 20.4. The van der Waals surface area contributed by atoms with Crippen LogP contribution < -0.4 is 0 Å². The van der Waals surface area contributed by atoms with E-state index < -0.39 is 113 Å². The summed E-state index contributed by atoms with van der Waals surface area (Å²) in [6.45, 7) is 0.383. The van der Waals surface area contributed by atoms with E-state index in [1.54, 1.807) is 0 Å². The van der Waals surface area contributed by atoms with Crippen LogP contribution in [-0.4, -0.2) is 157 Å². The predicted octanol–water partition coefficient (Wildman–Crippen LogP) is 14.4. The molecule has 23 heteroatoms. The minimum atomic E-state index is -4.97. The van der Waals surface area contributed by atoms with Crippen molar-refractivity contribution in [1.29, 1.82) is 0 Å². The van der Waals surface area contributed by atoms with Gasteiger partial charge in [0.25, 0.3) is 0 Å². The summed E-state index contributed by atoms with van der Waals surface area (Å²) in [6, 6.07) is 86.0. The molecule has 113 heavy (non-hydrogen) atoms.